The van der Waals surface area contributed by atoms with Crippen molar-refractivity contribution in [1.82, 2.24) is 10.1 Å². The molecule has 0 unspecified atom stereocenters. The van der Waals surface area contributed by atoms with Crippen LogP contribution in [0.2, 0.25) is 0 Å². The van der Waals surface area contributed by atoms with Crippen LogP contribution in [0.1, 0.15) is 37.5 Å². The molecule has 2 fully saturated rings. The molecule has 3 aromatic rings. The molecule has 2 heterocycles. The summed E-state index contributed by atoms with van der Waals surface area (Å²) in [5, 5.41) is 7.01. The number of aromatic nitrogens is 2. The highest BCUT2D eigenvalue weighted by molar-refractivity contribution is 9.10. The van der Waals surface area contributed by atoms with E-state index < -0.39 is 5.92 Å². The summed E-state index contributed by atoms with van der Waals surface area (Å²) in [5.41, 5.74) is 2.23. The van der Waals surface area contributed by atoms with Gasteiger partial charge in [0.2, 0.25) is 23.5 Å². The van der Waals surface area contributed by atoms with Gasteiger partial charge in [0, 0.05) is 40.3 Å². The normalized spacial score (nSPS) is 18.8. The molecule has 158 valence electrons. The molecule has 1 N–H and O–H groups in total. The molecule has 5 rings (SSSR count). The number of hydrogen-bond acceptors (Lipinski definition) is 5. The van der Waals surface area contributed by atoms with Crippen LogP contribution in [-0.2, 0) is 9.59 Å². The highest BCUT2D eigenvalue weighted by atomic mass is 79.9. The molecule has 2 aliphatic rings. The number of hydrogen-bond donors (Lipinski definition) is 1. The summed E-state index contributed by atoms with van der Waals surface area (Å²) in [6, 6.07) is 14.9. The number of anilines is 2. The molecule has 1 atom stereocenters. The zero-order valence-corrected chi connectivity index (χ0v) is 18.3. The summed E-state index contributed by atoms with van der Waals surface area (Å²) < 4.78 is 6.31. The van der Waals surface area contributed by atoms with Gasteiger partial charge in [0.1, 0.15) is 0 Å². The van der Waals surface area contributed by atoms with E-state index in [1.165, 1.54) is 6.42 Å². The maximum Gasteiger partial charge on any atom is 0.230 e. The Labute approximate surface area is 188 Å². The second-order valence-corrected chi connectivity index (χ2v) is 8.96. The summed E-state index contributed by atoms with van der Waals surface area (Å²) in [5.74, 6) is 0.940. The SMILES string of the molecule is O=C(Nc1cccc(Br)c1)[C@H]1CC(=O)N(c2cccc(-c3noc(C4CCC4)n3)c2)C1. The molecule has 1 aliphatic carbocycles. The van der Waals surface area contributed by atoms with Gasteiger partial charge in [-0.25, -0.2) is 0 Å². The third-order valence-electron chi connectivity index (χ3n) is 5.90. The van der Waals surface area contributed by atoms with Crippen LogP contribution in [0, 0.1) is 5.92 Å². The van der Waals surface area contributed by atoms with Gasteiger partial charge in [-0.1, -0.05) is 45.7 Å². The van der Waals surface area contributed by atoms with Crippen LogP contribution in [-0.4, -0.2) is 28.5 Å². The Bertz CT molecular complexity index is 1140. The van der Waals surface area contributed by atoms with E-state index in [1.807, 2.05) is 48.5 Å². The lowest BCUT2D eigenvalue weighted by atomic mass is 9.85. The van der Waals surface area contributed by atoms with E-state index >= 15 is 0 Å². The van der Waals surface area contributed by atoms with Crippen LogP contribution in [0.25, 0.3) is 11.4 Å². The topological polar surface area (TPSA) is 88.3 Å². The molecular formula is C23H21BrN4O3. The maximum absolute atomic E-state index is 12.7. The van der Waals surface area contributed by atoms with E-state index in [0.717, 1.165) is 28.6 Å². The van der Waals surface area contributed by atoms with E-state index in [2.05, 4.69) is 31.4 Å². The molecule has 31 heavy (non-hydrogen) atoms. The number of halogens is 1. The molecule has 1 aliphatic heterocycles. The number of amides is 2. The Balaban J connectivity index is 1.30. The van der Waals surface area contributed by atoms with Crippen molar-refractivity contribution in [2.75, 3.05) is 16.8 Å². The fourth-order valence-electron chi connectivity index (χ4n) is 3.93. The molecule has 2 amide bonds. The summed E-state index contributed by atoms with van der Waals surface area (Å²) in [6.45, 7) is 0.335. The van der Waals surface area contributed by atoms with Crippen molar-refractivity contribution in [2.24, 2.45) is 5.92 Å². The Morgan fingerprint density at radius 3 is 2.77 bits per heavy atom. The lowest BCUT2D eigenvalue weighted by Gasteiger charge is -2.20. The first-order valence-electron chi connectivity index (χ1n) is 10.4. The second kappa shape index (κ2) is 8.26. The largest absolute Gasteiger partial charge is 0.339 e. The van der Waals surface area contributed by atoms with Gasteiger partial charge in [-0.05, 0) is 43.2 Å². The Morgan fingerprint density at radius 1 is 1.16 bits per heavy atom. The molecule has 0 radical (unpaired) electrons. The number of carbonyl (C=O) groups is 2. The van der Waals surface area contributed by atoms with Gasteiger partial charge in [-0.3, -0.25) is 9.59 Å². The lowest BCUT2D eigenvalue weighted by Crippen LogP contribution is -2.28. The average molecular weight is 481 g/mol. The zero-order valence-electron chi connectivity index (χ0n) is 16.8. The summed E-state index contributed by atoms with van der Waals surface area (Å²) in [6.07, 6.45) is 3.56. The average Bonchev–Trinajstić information content (AvgIpc) is 3.34. The standard InChI is InChI=1S/C23H21BrN4O3/c24-17-7-3-8-18(12-17)25-22(30)16-11-20(29)28(13-16)19-9-2-6-15(10-19)21-26-23(31-27-21)14-4-1-5-14/h2-3,6-10,12,14,16H,1,4-5,11,13H2,(H,25,30)/t16-/m0/s1. The predicted molar refractivity (Wildman–Crippen MR) is 120 cm³/mol. The van der Waals surface area contributed by atoms with Crippen LogP contribution in [0.15, 0.2) is 57.5 Å². The van der Waals surface area contributed by atoms with Crippen molar-refractivity contribution in [3.05, 3.63) is 58.9 Å². The van der Waals surface area contributed by atoms with Gasteiger partial charge in [-0.15, -0.1) is 0 Å². The number of nitrogens with zero attached hydrogens (tertiary/aromatic N) is 3. The highest BCUT2D eigenvalue weighted by Gasteiger charge is 2.35. The van der Waals surface area contributed by atoms with Crippen LogP contribution in [0.4, 0.5) is 11.4 Å². The minimum atomic E-state index is -0.412. The zero-order chi connectivity index (χ0) is 21.4. The molecular weight excluding hydrogens is 460 g/mol. The van der Waals surface area contributed by atoms with E-state index in [4.69, 9.17) is 4.52 Å². The Morgan fingerprint density at radius 2 is 2.00 bits per heavy atom. The Kier molecular flexibility index (Phi) is 5.31. The van der Waals surface area contributed by atoms with Crippen LogP contribution in [0.3, 0.4) is 0 Å². The number of carbonyl (C=O) groups excluding carboxylic acids is 2. The van der Waals surface area contributed by atoms with Crippen LogP contribution < -0.4 is 10.2 Å². The van der Waals surface area contributed by atoms with E-state index in [9.17, 15) is 9.59 Å². The predicted octanol–water partition coefficient (Wildman–Crippen LogP) is 4.76. The van der Waals surface area contributed by atoms with Crippen molar-refractivity contribution in [3.8, 4) is 11.4 Å². The smallest absolute Gasteiger partial charge is 0.230 e. The molecule has 7 nitrogen and oxygen atoms in total. The fourth-order valence-corrected chi connectivity index (χ4v) is 4.33. The van der Waals surface area contributed by atoms with E-state index in [1.54, 1.807) is 4.90 Å². The van der Waals surface area contributed by atoms with Gasteiger partial charge < -0.3 is 14.7 Å². The maximum atomic E-state index is 12.7. The summed E-state index contributed by atoms with van der Waals surface area (Å²) >= 11 is 3.40. The van der Waals surface area contributed by atoms with Crippen LogP contribution >= 0.6 is 15.9 Å². The fraction of sp³-hybridized carbons (Fsp3) is 0.304. The van der Waals surface area contributed by atoms with E-state index in [0.29, 0.717) is 29.9 Å². The molecule has 0 bridgehead atoms. The Hall–Kier alpha value is -3.00. The second-order valence-electron chi connectivity index (χ2n) is 8.04. The number of rotatable bonds is 5. The molecule has 1 saturated carbocycles. The van der Waals surface area contributed by atoms with Crippen molar-refractivity contribution in [3.63, 3.8) is 0 Å². The number of nitrogens with one attached hydrogen (secondary N) is 1. The molecule has 8 heteroatoms. The summed E-state index contributed by atoms with van der Waals surface area (Å²) in [7, 11) is 0. The van der Waals surface area contributed by atoms with Crippen molar-refractivity contribution in [2.45, 2.75) is 31.6 Å². The molecule has 0 spiro atoms. The first kappa shape index (κ1) is 19.9. The van der Waals surface area contributed by atoms with Gasteiger partial charge >= 0.3 is 0 Å². The molecule has 1 saturated heterocycles. The lowest BCUT2D eigenvalue weighted by molar-refractivity contribution is -0.122. The minimum absolute atomic E-state index is 0.0742. The first-order chi connectivity index (χ1) is 15.1. The van der Waals surface area contributed by atoms with E-state index in [-0.39, 0.29) is 18.2 Å². The minimum Gasteiger partial charge on any atom is -0.339 e. The van der Waals surface area contributed by atoms with Gasteiger partial charge in [0.05, 0.1) is 5.92 Å². The molecule has 2 aromatic carbocycles. The third-order valence-corrected chi connectivity index (χ3v) is 6.39. The van der Waals surface area contributed by atoms with Crippen molar-refractivity contribution >= 4 is 39.1 Å². The van der Waals surface area contributed by atoms with Gasteiger partial charge in [-0.2, -0.15) is 4.98 Å². The quantitative estimate of drug-likeness (QED) is 0.568. The van der Waals surface area contributed by atoms with Gasteiger partial charge in [0.25, 0.3) is 0 Å². The van der Waals surface area contributed by atoms with Gasteiger partial charge in [0.15, 0.2) is 0 Å². The summed E-state index contributed by atoms with van der Waals surface area (Å²) in [4.78, 5) is 31.6. The third kappa shape index (κ3) is 4.12. The first-order valence-corrected chi connectivity index (χ1v) is 11.2. The highest BCUT2D eigenvalue weighted by Crippen LogP contribution is 2.36. The molecule has 1 aromatic heterocycles. The monoisotopic (exact) mass is 480 g/mol. The van der Waals surface area contributed by atoms with Crippen LogP contribution in [0.5, 0.6) is 0 Å². The van der Waals surface area contributed by atoms with Crippen molar-refractivity contribution < 1.29 is 14.1 Å². The van der Waals surface area contributed by atoms with Crippen molar-refractivity contribution in [1.29, 1.82) is 0 Å². The number of benzene rings is 2.